The van der Waals surface area contributed by atoms with Crippen molar-refractivity contribution in [3.05, 3.63) is 18.5 Å². The van der Waals surface area contributed by atoms with E-state index < -0.39 is 10.8 Å². The summed E-state index contributed by atoms with van der Waals surface area (Å²) in [5.74, 6) is 0. The van der Waals surface area contributed by atoms with Crippen LogP contribution in [0, 0.1) is 0 Å². The van der Waals surface area contributed by atoms with Crippen LogP contribution in [-0.2, 0) is 10.8 Å². The Hall–Kier alpha value is -0.810. The van der Waals surface area contributed by atoms with E-state index in [9.17, 15) is 4.21 Å². The molecule has 0 bridgehead atoms. The van der Waals surface area contributed by atoms with Gasteiger partial charge in [0.15, 0.2) is 0 Å². The third-order valence-corrected chi connectivity index (χ3v) is 3.86. The fourth-order valence-electron chi connectivity index (χ4n) is 1.54. The topological polar surface area (TPSA) is 54.9 Å². The number of hydrogen-bond acceptors (Lipinski definition) is 4. The summed E-state index contributed by atoms with van der Waals surface area (Å²) in [6.45, 7) is 1.84. The fourth-order valence-corrected chi connectivity index (χ4v) is 2.82. The minimum atomic E-state index is -1.05. The van der Waals surface area contributed by atoms with Gasteiger partial charge in [-0.3, -0.25) is 4.21 Å². The van der Waals surface area contributed by atoms with Gasteiger partial charge in [-0.25, -0.2) is 9.97 Å². The van der Waals surface area contributed by atoms with Crippen LogP contribution in [0.15, 0.2) is 23.6 Å². The van der Waals surface area contributed by atoms with E-state index in [4.69, 9.17) is 0 Å². The molecule has 1 fully saturated rings. The van der Waals surface area contributed by atoms with Crippen molar-refractivity contribution >= 4 is 10.8 Å². The average Bonchev–Trinajstić information content (AvgIpc) is 2.30. The van der Waals surface area contributed by atoms with Crippen molar-refractivity contribution in [1.29, 1.82) is 0 Å². The zero-order valence-electron chi connectivity index (χ0n) is 7.85. The highest BCUT2D eigenvalue weighted by Gasteiger charge is 2.22. The van der Waals surface area contributed by atoms with E-state index in [-0.39, 0.29) is 5.25 Å². The lowest BCUT2D eigenvalue weighted by molar-refractivity contribution is 0.518. The Labute approximate surface area is 85.6 Å². The maximum absolute atomic E-state index is 11.9. The molecule has 1 aliphatic heterocycles. The maximum Gasteiger partial charge on any atom is 0.218 e. The maximum atomic E-state index is 11.9. The number of aromatic nitrogens is 2. The summed E-state index contributed by atoms with van der Waals surface area (Å²) in [5.41, 5.74) is 0. The van der Waals surface area contributed by atoms with Gasteiger partial charge < -0.3 is 5.32 Å². The van der Waals surface area contributed by atoms with Gasteiger partial charge in [0.2, 0.25) is 5.16 Å². The van der Waals surface area contributed by atoms with Gasteiger partial charge in [0, 0.05) is 18.9 Å². The van der Waals surface area contributed by atoms with Gasteiger partial charge >= 0.3 is 0 Å². The van der Waals surface area contributed by atoms with Gasteiger partial charge in [0.25, 0.3) is 0 Å². The molecule has 0 radical (unpaired) electrons. The Balaban J connectivity index is 2.07. The van der Waals surface area contributed by atoms with E-state index in [1.165, 1.54) is 0 Å². The predicted octanol–water partition coefficient (Wildman–Crippen LogP) is 0.336. The molecule has 0 unspecified atom stereocenters. The lowest BCUT2D eigenvalue weighted by Gasteiger charge is -2.20. The molecule has 1 aromatic heterocycles. The minimum absolute atomic E-state index is 0.172. The van der Waals surface area contributed by atoms with Crippen molar-refractivity contribution < 1.29 is 4.21 Å². The molecule has 76 valence electrons. The molecule has 2 atom stereocenters. The molecule has 0 saturated carbocycles. The third kappa shape index (κ3) is 2.16. The van der Waals surface area contributed by atoms with Crippen molar-refractivity contribution in [2.75, 3.05) is 13.1 Å². The monoisotopic (exact) mass is 211 g/mol. The van der Waals surface area contributed by atoms with Gasteiger partial charge in [-0.1, -0.05) is 0 Å². The molecule has 5 heteroatoms. The number of nitrogens with zero attached hydrogens (tertiary/aromatic N) is 2. The molecule has 1 saturated heterocycles. The molecule has 1 aliphatic rings. The second-order valence-corrected chi connectivity index (χ2v) is 4.92. The molecular formula is C9H13N3OS. The second-order valence-electron chi connectivity index (χ2n) is 3.30. The van der Waals surface area contributed by atoms with Gasteiger partial charge in [-0.2, -0.15) is 0 Å². The number of piperidine rings is 1. The van der Waals surface area contributed by atoms with Gasteiger partial charge in [0.1, 0.15) is 0 Å². The van der Waals surface area contributed by atoms with Crippen LogP contribution in [0.4, 0.5) is 0 Å². The Bertz CT molecular complexity index is 311. The molecule has 0 aromatic carbocycles. The summed E-state index contributed by atoms with van der Waals surface area (Å²) in [7, 11) is -1.05. The zero-order valence-corrected chi connectivity index (χ0v) is 8.67. The average molecular weight is 211 g/mol. The Morgan fingerprint density at radius 1 is 1.43 bits per heavy atom. The fraction of sp³-hybridized carbons (Fsp3) is 0.556. The van der Waals surface area contributed by atoms with Gasteiger partial charge in [-0.15, -0.1) is 0 Å². The molecule has 0 aliphatic carbocycles. The minimum Gasteiger partial charge on any atom is -0.316 e. The summed E-state index contributed by atoms with van der Waals surface area (Å²) < 4.78 is 11.9. The molecular weight excluding hydrogens is 198 g/mol. The van der Waals surface area contributed by atoms with Crippen LogP contribution in [0.3, 0.4) is 0 Å². The molecule has 0 spiro atoms. The van der Waals surface area contributed by atoms with Crippen LogP contribution in [0.1, 0.15) is 12.8 Å². The first-order chi connectivity index (χ1) is 6.88. The van der Waals surface area contributed by atoms with E-state index in [0.717, 1.165) is 25.9 Å². The highest BCUT2D eigenvalue weighted by atomic mass is 32.2. The highest BCUT2D eigenvalue weighted by molar-refractivity contribution is 7.85. The van der Waals surface area contributed by atoms with Crippen LogP contribution in [0.5, 0.6) is 0 Å². The van der Waals surface area contributed by atoms with Crippen molar-refractivity contribution in [3.8, 4) is 0 Å². The first-order valence-corrected chi connectivity index (χ1v) is 5.97. The molecule has 2 heterocycles. The molecule has 1 N–H and O–H groups in total. The first kappa shape index (κ1) is 9.73. The summed E-state index contributed by atoms with van der Waals surface area (Å²) in [5, 5.41) is 3.87. The Morgan fingerprint density at radius 3 is 2.86 bits per heavy atom. The molecule has 4 nitrogen and oxygen atoms in total. The number of rotatable bonds is 2. The molecule has 1 aromatic rings. The quantitative estimate of drug-likeness (QED) is 0.717. The van der Waals surface area contributed by atoms with Crippen molar-refractivity contribution in [3.63, 3.8) is 0 Å². The number of hydrogen-bond donors (Lipinski definition) is 1. The van der Waals surface area contributed by atoms with E-state index in [0.29, 0.717) is 5.16 Å². The number of nitrogens with one attached hydrogen (secondary N) is 1. The second kappa shape index (κ2) is 4.61. The largest absolute Gasteiger partial charge is 0.316 e. The SMILES string of the molecule is O=[S@](c1ncccn1)[C@H]1CCCNC1. The third-order valence-electron chi connectivity index (χ3n) is 2.28. The molecule has 0 amide bonds. The van der Waals surface area contributed by atoms with E-state index in [2.05, 4.69) is 15.3 Å². The van der Waals surface area contributed by atoms with Crippen molar-refractivity contribution in [2.24, 2.45) is 0 Å². The van der Waals surface area contributed by atoms with E-state index in [1.54, 1.807) is 18.5 Å². The van der Waals surface area contributed by atoms with Gasteiger partial charge in [-0.05, 0) is 25.5 Å². The Morgan fingerprint density at radius 2 is 2.21 bits per heavy atom. The predicted molar refractivity (Wildman–Crippen MR) is 54.3 cm³/mol. The first-order valence-electron chi connectivity index (χ1n) is 4.76. The highest BCUT2D eigenvalue weighted by Crippen LogP contribution is 2.12. The van der Waals surface area contributed by atoms with Crippen LogP contribution in [-0.4, -0.2) is 32.5 Å². The lowest BCUT2D eigenvalue weighted by Crippen LogP contribution is -2.36. The summed E-state index contributed by atoms with van der Waals surface area (Å²) in [6, 6.07) is 1.74. The lowest BCUT2D eigenvalue weighted by atomic mass is 10.2. The van der Waals surface area contributed by atoms with Crippen molar-refractivity contribution in [2.45, 2.75) is 23.2 Å². The van der Waals surface area contributed by atoms with Crippen molar-refractivity contribution in [1.82, 2.24) is 15.3 Å². The summed E-state index contributed by atoms with van der Waals surface area (Å²) in [6.07, 6.45) is 5.36. The normalized spacial score (nSPS) is 24.4. The van der Waals surface area contributed by atoms with E-state index in [1.807, 2.05) is 0 Å². The van der Waals surface area contributed by atoms with Crippen LogP contribution in [0.25, 0.3) is 0 Å². The molecule has 14 heavy (non-hydrogen) atoms. The van der Waals surface area contributed by atoms with Crippen LogP contribution < -0.4 is 5.32 Å². The molecule has 2 rings (SSSR count). The van der Waals surface area contributed by atoms with Crippen LogP contribution in [0.2, 0.25) is 0 Å². The standard InChI is InChI=1S/C9H13N3OS/c13-14(8-3-1-4-10-7-8)9-11-5-2-6-12-9/h2,5-6,8,10H,1,3-4,7H2/t8-,14-/m0/s1. The van der Waals surface area contributed by atoms with Crippen LogP contribution >= 0.6 is 0 Å². The summed E-state index contributed by atoms with van der Waals surface area (Å²) >= 11 is 0. The van der Waals surface area contributed by atoms with Gasteiger partial charge in [0.05, 0.1) is 16.0 Å². The smallest absolute Gasteiger partial charge is 0.218 e. The Kier molecular flexibility index (Phi) is 3.21. The van der Waals surface area contributed by atoms with E-state index >= 15 is 0 Å². The zero-order chi connectivity index (χ0) is 9.80. The summed E-state index contributed by atoms with van der Waals surface area (Å²) in [4.78, 5) is 8.03.